The van der Waals surface area contributed by atoms with Crippen LogP contribution in [-0.4, -0.2) is 38.4 Å². The minimum atomic E-state index is 0.155. The molecule has 0 saturated heterocycles. The summed E-state index contributed by atoms with van der Waals surface area (Å²) in [6.07, 6.45) is 5.71. The van der Waals surface area contributed by atoms with Crippen molar-refractivity contribution >= 4 is 17.7 Å². The van der Waals surface area contributed by atoms with E-state index in [4.69, 9.17) is 0 Å². The average Bonchev–Trinajstić information content (AvgIpc) is 3.42. The van der Waals surface area contributed by atoms with Crippen molar-refractivity contribution in [2.75, 3.05) is 12.8 Å². The molecule has 4 rings (SSSR count). The molecule has 132 valence electrons. The largest absolute Gasteiger partial charge is 0.338 e. The van der Waals surface area contributed by atoms with E-state index in [9.17, 15) is 4.79 Å². The van der Waals surface area contributed by atoms with Crippen molar-refractivity contribution in [1.29, 1.82) is 0 Å². The van der Waals surface area contributed by atoms with Crippen LogP contribution in [-0.2, 0) is 18.3 Å². The number of rotatable bonds is 5. The normalized spacial score (nSPS) is 19.5. The number of hydrogen-bond acceptors (Lipinski definition) is 4. The minimum absolute atomic E-state index is 0.155. The molecule has 0 N–H and O–H groups in total. The maximum atomic E-state index is 12.7. The highest BCUT2D eigenvalue weighted by atomic mass is 32.2. The fourth-order valence-electron chi connectivity index (χ4n) is 3.68. The first-order chi connectivity index (χ1) is 12.1. The molecule has 25 heavy (non-hydrogen) atoms. The summed E-state index contributed by atoms with van der Waals surface area (Å²) in [6, 6.07) is 8.71. The summed E-state index contributed by atoms with van der Waals surface area (Å²) < 4.78 is 2.05. The number of nitrogens with zero attached hydrogens (tertiary/aromatic N) is 4. The zero-order valence-electron chi connectivity index (χ0n) is 14.8. The molecule has 1 aromatic carbocycles. The molecule has 2 aliphatic rings. The van der Waals surface area contributed by atoms with Crippen molar-refractivity contribution in [3.05, 3.63) is 41.2 Å². The second-order valence-electron chi connectivity index (χ2n) is 7.07. The second-order valence-corrected chi connectivity index (χ2v) is 8.02. The molecule has 1 fully saturated rings. The Morgan fingerprint density at radius 1 is 1.28 bits per heavy atom. The lowest BCUT2D eigenvalue weighted by Gasteiger charge is -2.33. The summed E-state index contributed by atoms with van der Waals surface area (Å²) >= 11 is 1.49. The number of aromatic nitrogens is 3. The van der Waals surface area contributed by atoms with Gasteiger partial charge in [0.15, 0.2) is 5.16 Å². The third-order valence-electron chi connectivity index (χ3n) is 5.33. The molecule has 6 heteroatoms. The number of thioether (sulfide) groups is 1. The molecule has 1 amide bonds. The van der Waals surface area contributed by atoms with E-state index in [0.717, 1.165) is 30.2 Å². The van der Waals surface area contributed by atoms with Gasteiger partial charge in [0.05, 0.1) is 11.8 Å². The van der Waals surface area contributed by atoms with Gasteiger partial charge in [-0.25, -0.2) is 0 Å². The first kappa shape index (κ1) is 16.6. The van der Waals surface area contributed by atoms with Gasteiger partial charge in [0.25, 0.3) is 0 Å². The molecule has 0 bridgehead atoms. The van der Waals surface area contributed by atoms with Crippen LogP contribution in [0, 0.1) is 0 Å². The predicted octanol–water partition coefficient (Wildman–Crippen LogP) is 3.32. The molecule has 5 nitrogen and oxygen atoms in total. The number of amides is 1. The number of carbonyl (C=O) groups is 1. The number of carbonyl (C=O) groups excluding carboxylic acids is 1. The highest BCUT2D eigenvalue weighted by Gasteiger charge is 2.30. The van der Waals surface area contributed by atoms with Crippen LogP contribution in [0.3, 0.4) is 0 Å². The zero-order valence-corrected chi connectivity index (χ0v) is 15.6. The van der Waals surface area contributed by atoms with Crippen LogP contribution in [0.25, 0.3) is 0 Å². The van der Waals surface area contributed by atoms with Crippen molar-refractivity contribution in [2.45, 2.75) is 49.2 Å². The Labute approximate surface area is 152 Å². The van der Waals surface area contributed by atoms with Gasteiger partial charge in [-0.1, -0.05) is 36.0 Å². The van der Waals surface area contributed by atoms with Crippen LogP contribution in [0.5, 0.6) is 0 Å². The van der Waals surface area contributed by atoms with E-state index in [1.54, 1.807) is 0 Å². The molecule has 0 unspecified atom stereocenters. The maximum absolute atomic E-state index is 12.7. The van der Waals surface area contributed by atoms with E-state index in [1.165, 1.54) is 35.7 Å². The SMILES string of the molecule is CN(C(=O)CSc1nnc(C2CC2)n1C)[C@H]1CCCc2ccccc21. The number of aryl methyl sites for hydroxylation is 1. The van der Waals surface area contributed by atoms with Gasteiger partial charge in [-0.05, 0) is 43.2 Å². The average molecular weight is 356 g/mol. The quantitative estimate of drug-likeness (QED) is 0.771. The minimum Gasteiger partial charge on any atom is -0.338 e. The van der Waals surface area contributed by atoms with E-state index in [0.29, 0.717) is 11.7 Å². The van der Waals surface area contributed by atoms with E-state index in [2.05, 4.69) is 34.5 Å². The van der Waals surface area contributed by atoms with Gasteiger partial charge in [-0.15, -0.1) is 10.2 Å². The Morgan fingerprint density at radius 2 is 2.08 bits per heavy atom. The molecule has 0 spiro atoms. The van der Waals surface area contributed by atoms with E-state index in [1.807, 2.05) is 23.6 Å². The van der Waals surface area contributed by atoms with Crippen LogP contribution < -0.4 is 0 Å². The highest BCUT2D eigenvalue weighted by molar-refractivity contribution is 7.99. The second kappa shape index (κ2) is 6.83. The fraction of sp³-hybridized carbons (Fsp3) is 0.526. The maximum Gasteiger partial charge on any atom is 0.233 e. The number of fused-ring (bicyclic) bond motifs is 1. The van der Waals surface area contributed by atoms with E-state index in [-0.39, 0.29) is 11.9 Å². The third-order valence-corrected chi connectivity index (χ3v) is 6.34. The van der Waals surface area contributed by atoms with Crippen LogP contribution in [0.15, 0.2) is 29.4 Å². The molecule has 2 aromatic rings. The molecule has 1 heterocycles. The Kier molecular flexibility index (Phi) is 4.54. The Bertz CT molecular complexity index is 783. The lowest BCUT2D eigenvalue weighted by molar-refractivity contribution is -0.129. The first-order valence-electron chi connectivity index (χ1n) is 9.00. The van der Waals surface area contributed by atoms with E-state index >= 15 is 0 Å². The van der Waals surface area contributed by atoms with Crippen molar-refractivity contribution in [3.63, 3.8) is 0 Å². The molecule has 1 aromatic heterocycles. The van der Waals surface area contributed by atoms with Gasteiger partial charge < -0.3 is 9.47 Å². The van der Waals surface area contributed by atoms with E-state index < -0.39 is 0 Å². The molecule has 0 aliphatic heterocycles. The number of benzene rings is 1. The van der Waals surface area contributed by atoms with Gasteiger partial charge in [0.2, 0.25) is 5.91 Å². The fourth-order valence-corrected chi connectivity index (χ4v) is 4.52. The summed E-state index contributed by atoms with van der Waals surface area (Å²) in [4.78, 5) is 14.7. The van der Waals surface area contributed by atoms with Crippen molar-refractivity contribution in [1.82, 2.24) is 19.7 Å². The molecule has 1 atom stereocenters. The van der Waals surface area contributed by atoms with Crippen LogP contribution >= 0.6 is 11.8 Å². The summed E-state index contributed by atoms with van der Waals surface area (Å²) in [5.74, 6) is 2.20. The van der Waals surface area contributed by atoms with Crippen LogP contribution in [0.4, 0.5) is 0 Å². The zero-order chi connectivity index (χ0) is 17.4. The van der Waals surface area contributed by atoms with Crippen molar-refractivity contribution in [3.8, 4) is 0 Å². The third kappa shape index (κ3) is 3.32. The molecule has 2 aliphatic carbocycles. The summed E-state index contributed by atoms with van der Waals surface area (Å²) in [5, 5.41) is 9.39. The predicted molar refractivity (Wildman–Crippen MR) is 98.6 cm³/mol. The Balaban J connectivity index is 1.41. The molecular weight excluding hydrogens is 332 g/mol. The number of hydrogen-bond donors (Lipinski definition) is 0. The van der Waals surface area contributed by atoms with Crippen LogP contribution in [0.2, 0.25) is 0 Å². The van der Waals surface area contributed by atoms with Gasteiger partial charge >= 0.3 is 0 Å². The molecule has 1 saturated carbocycles. The van der Waals surface area contributed by atoms with Crippen LogP contribution in [0.1, 0.15) is 54.6 Å². The van der Waals surface area contributed by atoms with Gasteiger partial charge in [-0.2, -0.15) is 0 Å². The monoisotopic (exact) mass is 356 g/mol. The Hall–Kier alpha value is -1.82. The topological polar surface area (TPSA) is 51.0 Å². The molecule has 0 radical (unpaired) electrons. The lowest BCUT2D eigenvalue weighted by Crippen LogP contribution is -2.34. The first-order valence-corrected chi connectivity index (χ1v) is 9.99. The van der Waals surface area contributed by atoms with Gasteiger partial charge in [-0.3, -0.25) is 4.79 Å². The van der Waals surface area contributed by atoms with Crippen molar-refractivity contribution < 1.29 is 4.79 Å². The molecular formula is C19H24N4OS. The summed E-state index contributed by atoms with van der Waals surface area (Å²) in [6.45, 7) is 0. The Morgan fingerprint density at radius 3 is 2.88 bits per heavy atom. The van der Waals surface area contributed by atoms with Gasteiger partial charge in [0.1, 0.15) is 5.82 Å². The van der Waals surface area contributed by atoms with Crippen molar-refractivity contribution in [2.24, 2.45) is 7.05 Å². The highest BCUT2D eigenvalue weighted by Crippen LogP contribution is 2.39. The lowest BCUT2D eigenvalue weighted by atomic mass is 9.87. The summed E-state index contributed by atoms with van der Waals surface area (Å²) in [7, 11) is 3.93. The smallest absolute Gasteiger partial charge is 0.233 e. The van der Waals surface area contributed by atoms with Gasteiger partial charge in [0, 0.05) is 20.0 Å². The summed E-state index contributed by atoms with van der Waals surface area (Å²) in [5.41, 5.74) is 2.69. The standard InChI is InChI=1S/C19H24N4OS/c1-22(16-9-5-7-13-6-3-4-8-15(13)16)17(24)12-25-19-21-20-18(23(19)2)14-10-11-14/h3-4,6,8,14,16H,5,7,9-12H2,1-2H3/t16-/m0/s1.